The highest BCUT2D eigenvalue weighted by atomic mass is 35.5. The van der Waals surface area contributed by atoms with E-state index in [2.05, 4.69) is 15.1 Å². The van der Waals surface area contributed by atoms with Crippen molar-refractivity contribution in [3.63, 3.8) is 0 Å². The van der Waals surface area contributed by atoms with Gasteiger partial charge in [0.25, 0.3) is 5.89 Å². The predicted molar refractivity (Wildman–Crippen MR) is 67.5 cm³/mol. The maximum Gasteiger partial charge on any atom is 0.262 e. The van der Waals surface area contributed by atoms with Crippen molar-refractivity contribution in [3.8, 4) is 28.7 Å². The molecular weight excluding hydrogens is 274 g/mol. The van der Waals surface area contributed by atoms with Crippen molar-refractivity contribution in [2.24, 2.45) is 0 Å². The van der Waals surface area contributed by atoms with Crippen molar-refractivity contribution < 1.29 is 9.63 Å². The van der Waals surface area contributed by atoms with E-state index in [0.717, 1.165) is 0 Å². The Bertz CT molecular complexity index is 681. The Morgan fingerprint density at radius 2 is 2.22 bits per heavy atom. The Kier molecular flexibility index (Phi) is 2.73. The standard InChI is InChI=1S/C11H6ClN3O2S/c12-6-1-2-9(16)7(3-6)11-14-10(15-17-11)8-4-18-5-13-8/h1-5,16H. The maximum absolute atomic E-state index is 9.73. The Hall–Kier alpha value is -1.92. The van der Waals surface area contributed by atoms with Crippen LogP contribution in [0.3, 0.4) is 0 Å². The fourth-order valence-electron chi connectivity index (χ4n) is 1.44. The first-order valence-corrected chi connectivity index (χ1v) is 6.27. The van der Waals surface area contributed by atoms with E-state index >= 15 is 0 Å². The average Bonchev–Trinajstić information content (AvgIpc) is 3.00. The van der Waals surface area contributed by atoms with E-state index < -0.39 is 0 Å². The zero-order valence-electron chi connectivity index (χ0n) is 8.87. The van der Waals surface area contributed by atoms with Gasteiger partial charge in [-0.3, -0.25) is 0 Å². The van der Waals surface area contributed by atoms with Crippen LogP contribution < -0.4 is 0 Å². The highest BCUT2D eigenvalue weighted by molar-refractivity contribution is 7.07. The topological polar surface area (TPSA) is 72.0 Å². The molecule has 0 saturated heterocycles. The summed E-state index contributed by atoms with van der Waals surface area (Å²) in [6.07, 6.45) is 0. The molecule has 90 valence electrons. The lowest BCUT2D eigenvalue weighted by Crippen LogP contribution is -1.81. The summed E-state index contributed by atoms with van der Waals surface area (Å²) in [7, 11) is 0. The molecule has 2 aromatic heterocycles. The van der Waals surface area contributed by atoms with Gasteiger partial charge >= 0.3 is 0 Å². The van der Waals surface area contributed by atoms with Crippen LogP contribution in [0.5, 0.6) is 5.75 Å². The second kappa shape index (κ2) is 4.40. The summed E-state index contributed by atoms with van der Waals surface area (Å²) in [5, 5.41) is 15.8. The van der Waals surface area contributed by atoms with Crippen LogP contribution >= 0.6 is 22.9 Å². The fourth-order valence-corrected chi connectivity index (χ4v) is 2.14. The molecule has 0 amide bonds. The summed E-state index contributed by atoms with van der Waals surface area (Å²) in [5.41, 5.74) is 2.72. The summed E-state index contributed by atoms with van der Waals surface area (Å²) >= 11 is 7.30. The quantitative estimate of drug-likeness (QED) is 0.780. The molecular formula is C11H6ClN3O2S. The van der Waals surface area contributed by atoms with Crippen molar-refractivity contribution in [1.29, 1.82) is 0 Å². The molecule has 0 aliphatic carbocycles. The van der Waals surface area contributed by atoms with Crippen molar-refractivity contribution >= 4 is 22.9 Å². The van der Waals surface area contributed by atoms with Gasteiger partial charge in [-0.1, -0.05) is 16.8 Å². The van der Waals surface area contributed by atoms with Crippen LogP contribution in [-0.4, -0.2) is 20.2 Å². The minimum Gasteiger partial charge on any atom is -0.507 e. The van der Waals surface area contributed by atoms with Crippen LogP contribution in [0.2, 0.25) is 5.02 Å². The Labute approximate surface area is 111 Å². The van der Waals surface area contributed by atoms with Gasteiger partial charge in [-0.05, 0) is 18.2 Å². The molecule has 3 aromatic rings. The van der Waals surface area contributed by atoms with Gasteiger partial charge in [0.2, 0.25) is 5.82 Å². The van der Waals surface area contributed by atoms with Crippen LogP contribution in [-0.2, 0) is 0 Å². The SMILES string of the molecule is Oc1ccc(Cl)cc1-c1nc(-c2cscn2)no1. The third-order valence-electron chi connectivity index (χ3n) is 2.28. The number of aromatic hydroxyl groups is 1. The van der Waals surface area contributed by atoms with E-state index in [1.807, 2.05) is 5.38 Å². The van der Waals surface area contributed by atoms with Gasteiger partial charge in [-0.25, -0.2) is 4.98 Å². The molecule has 0 aliphatic heterocycles. The van der Waals surface area contributed by atoms with Crippen LogP contribution in [0.1, 0.15) is 0 Å². The molecule has 1 aromatic carbocycles. The number of hydrogen-bond donors (Lipinski definition) is 1. The maximum atomic E-state index is 9.73. The molecule has 3 rings (SSSR count). The predicted octanol–water partition coefficient (Wildman–Crippen LogP) is 3.22. The molecule has 0 unspecified atom stereocenters. The molecule has 0 atom stereocenters. The number of phenolic OH excluding ortho intramolecular Hbond substituents is 1. The number of hydrogen-bond acceptors (Lipinski definition) is 6. The van der Waals surface area contributed by atoms with E-state index in [-0.39, 0.29) is 11.6 Å². The van der Waals surface area contributed by atoms with Crippen molar-refractivity contribution in [3.05, 3.63) is 34.1 Å². The van der Waals surface area contributed by atoms with Gasteiger partial charge in [0.15, 0.2) is 0 Å². The number of phenols is 1. The second-order valence-electron chi connectivity index (χ2n) is 3.46. The lowest BCUT2D eigenvalue weighted by atomic mass is 10.2. The number of benzene rings is 1. The second-order valence-corrected chi connectivity index (χ2v) is 4.61. The molecule has 0 radical (unpaired) electrons. The normalized spacial score (nSPS) is 10.7. The largest absolute Gasteiger partial charge is 0.507 e. The monoisotopic (exact) mass is 279 g/mol. The highest BCUT2D eigenvalue weighted by Gasteiger charge is 2.15. The third kappa shape index (κ3) is 1.96. The first-order chi connectivity index (χ1) is 8.74. The van der Waals surface area contributed by atoms with Crippen molar-refractivity contribution in [1.82, 2.24) is 15.1 Å². The molecule has 7 heteroatoms. The minimum atomic E-state index is 0.0351. The summed E-state index contributed by atoms with van der Waals surface area (Å²) in [6.45, 7) is 0. The van der Waals surface area contributed by atoms with E-state index in [4.69, 9.17) is 16.1 Å². The van der Waals surface area contributed by atoms with E-state index in [9.17, 15) is 5.11 Å². The minimum absolute atomic E-state index is 0.0351. The highest BCUT2D eigenvalue weighted by Crippen LogP contribution is 2.31. The zero-order chi connectivity index (χ0) is 12.5. The summed E-state index contributed by atoms with van der Waals surface area (Å²) in [5.74, 6) is 0.622. The summed E-state index contributed by atoms with van der Waals surface area (Å²) in [6, 6.07) is 4.62. The molecule has 0 fully saturated rings. The average molecular weight is 280 g/mol. The number of rotatable bonds is 2. The molecule has 0 aliphatic rings. The molecule has 0 spiro atoms. The van der Waals surface area contributed by atoms with Gasteiger partial charge in [-0.15, -0.1) is 11.3 Å². The number of nitrogens with zero attached hydrogens (tertiary/aromatic N) is 3. The Balaban J connectivity index is 2.05. The third-order valence-corrected chi connectivity index (χ3v) is 3.10. The summed E-state index contributed by atoms with van der Waals surface area (Å²) in [4.78, 5) is 8.25. The molecule has 0 saturated carbocycles. The van der Waals surface area contributed by atoms with E-state index in [1.54, 1.807) is 17.6 Å². The lowest BCUT2D eigenvalue weighted by molar-refractivity contribution is 0.425. The zero-order valence-corrected chi connectivity index (χ0v) is 10.4. The first kappa shape index (κ1) is 11.2. The lowest BCUT2D eigenvalue weighted by Gasteiger charge is -1.98. The Morgan fingerprint density at radius 1 is 1.33 bits per heavy atom. The van der Waals surface area contributed by atoms with E-state index in [0.29, 0.717) is 22.1 Å². The first-order valence-electron chi connectivity index (χ1n) is 4.95. The van der Waals surface area contributed by atoms with Gasteiger partial charge in [0.1, 0.15) is 11.4 Å². The fraction of sp³-hybridized carbons (Fsp3) is 0. The van der Waals surface area contributed by atoms with Crippen molar-refractivity contribution in [2.75, 3.05) is 0 Å². The van der Waals surface area contributed by atoms with Crippen LogP contribution in [0.15, 0.2) is 33.6 Å². The van der Waals surface area contributed by atoms with Gasteiger partial charge in [0, 0.05) is 10.4 Å². The molecule has 1 N–H and O–H groups in total. The van der Waals surface area contributed by atoms with Crippen molar-refractivity contribution in [2.45, 2.75) is 0 Å². The number of thiazole rings is 1. The smallest absolute Gasteiger partial charge is 0.262 e. The summed E-state index contributed by atoms with van der Waals surface area (Å²) < 4.78 is 5.10. The molecule has 18 heavy (non-hydrogen) atoms. The van der Waals surface area contributed by atoms with Crippen LogP contribution in [0.4, 0.5) is 0 Å². The van der Waals surface area contributed by atoms with Crippen LogP contribution in [0, 0.1) is 0 Å². The molecule has 2 heterocycles. The van der Waals surface area contributed by atoms with Gasteiger partial charge in [-0.2, -0.15) is 4.98 Å². The number of aromatic nitrogens is 3. The van der Waals surface area contributed by atoms with Gasteiger partial charge < -0.3 is 9.63 Å². The Morgan fingerprint density at radius 3 is 3.00 bits per heavy atom. The van der Waals surface area contributed by atoms with Crippen LogP contribution in [0.25, 0.3) is 23.0 Å². The molecule has 0 bridgehead atoms. The van der Waals surface area contributed by atoms with E-state index in [1.165, 1.54) is 17.4 Å². The number of halogens is 1. The van der Waals surface area contributed by atoms with Gasteiger partial charge in [0.05, 0.1) is 11.1 Å². The molecule has 5 nitrogen and oxygen atoms in total.